The Balaban J connectivity index is 4.39. The lowest BCUT2D eigenvalue weighted by Gasteiger charge is -2.17. The third kappa shape index (κ3) is 9.06. The van der Waals surface area contributed by atoms with Gasteiger partial charge < -0.3 is 4.90 Å². The molecule has 19 heavy (non-hydrogen) atoms. The molecule has 0 aliphatic heterocycles. The zero-order valence-corrected chi connectivity index (χ0v) is 12.8. The van der Waals surface area contributed by atoms with Gasteiger partial charge in [-0.25, -0.2) is 0 Å². The zero-order chi connectivity index (χ0) is 14.7. The number of rotatable bonds is 8. The summed E-state index contributed by atoms with van der Waals surface area (Å²) in [5, 5.41) is 0. The molecule has 1 amide bonds. The fraction of sp³-hybridized carbons (Fsp3) is 0.471. The van der Waals surface area contributed by atoms with Gasteiger partial charge in [-0.1, -0.05) is 35.5 Å². The van der Waals surface area contributed by atoms with E-state index in [1.54, 1.807) is 23.1 Å². The monoisotopic (exact) mass is 261 g/mol. The summed E-state index contributed by atoms with van der Waals surface area (Å²) in [4.78, 5) is 13.6. The summed E-state index contributed by atoms with van der Waals surface area (Å²) in [5.74, 6) is 0.0377. The van der Waals surface area contributed by atoms with Crippen LogP contribution in [0, 0.1) is 0 Å². The van der Waals surface area contributed by atoms with Crippen molar-refractivity contribution < 1.29 is 4.79 Å². The van der Waals surface area contributed by atoms with Crippen LogP contribution in [0.5, 0.6) is 0 Å². The second kappa shape index (κ2) is 10.4. The number of hydrogen-bond donors (Lipinski definition) is 0. The summed E-state index contributed by atoms with van der Waals surface area (Å²) in [7, 11) is 0. The molecule has 0 radical (unpaired) electrons. The maximum Gasteiger partial charge on any atom is 0.246 e. The standard InChI is InChI=1S/C17H27NO/c1-6-9-17(19)18(13-7-2)14-12-16(5)11-8-10-15(3)4/h6-7,9-10,12H,2,8,11,13-14H2,1,3-5H3/b9-6+,16-12-. The van der Waals surface area contributed by atoms with Crippen LogP contribution < -0.4 is 0 Å². The fourth-order valence-corrected chi connectivity index (χ4v) is 1.61. The van der Waals surface area contributed by atoms with Gasteiger partial charge in [-0.05, 0) is 46.6 Å². The lowest BCUT2D eigenvalue weighted by molar-refractivity contribution is -0.125. The Morgan fingerprint density at radius 1 is 1.16 bits per heavy atom. The van der Waals surface area contributed by atoms with Gasteiger partial charge in [0.15, 0.2) is 0 Å². The maximum atomic E-state index is 11.8. The van der Waals surface area contributed by atoms with Crippen molar-refractivity contribution in [2.45, 2.75) is 40.5 Å². The first-order chi connectivity index (χ1) is 9.01. The van der Waals surface area contributed by atoms with Crippen LogP contribution in [0.15, 0.2) is 48.1 Å². The van der Waals surface area contributed by atoms with Crippen LogP contribution in [0.2, 0.25) is 0 Å². The molecule has 0 atom stereocenters. The van der Waals surface area contributed by atoms with Crippen molar-refractivity contribution in [1.29, 1.82) is 0 Å². The molecule has 0 saturated carbocycles. The van der Waals surface area contributed by atoms with Gasteiger partial charge in [0.25, 0.3) is 0 Å². The highest BCUT2D eigenvalue weighted by molar-refractivity contribution is 5.87. The molecule has 0 rings (SSSR count). The first-order valence-corrected chi connectivity index (χ1v) is 6.82. The molecule has 0 aromatic carbocycles. The van der Waals surface area contributed by atoms with Gasteiger partial charge >= 0.3 is 0 Å². The van der Waals surface area contributed by atoms with E-state index in [1.807, 2.05) is 6.92 Å². The highest BCUT2D eigenvalue weighted by atomic mass is 16.2. The van der Waals surface area contributed by atoms with E-state index < -0.39 is 0 Å². The SMILES string of the molecule is C=CCN(C/C=C(/C)CCC=C(C)C)C(=O)/C=C/C. The van der Waals surface area contributed by atoms with Crippen LogP contribution in [0.25, 0.3) is 0 Å². The van der Waals surface area contributed by atoms with Crippen LogP contribution in [-0.2, 0) is 4.79 Å². The number of carbonyl (C=O) groups is 1. The van der Waals surface area contributed by atoms with E-state index in [4.69, 9.17) is 0 Å². The number of allylic oxidation sites excluding steroid dienone is 4. The van der Waals surface area contributed by atoms with E-state index >= 15 is 0 Å². The van der Waals surface area contributed by atoms with Crippen molar-refractivity contribution in [3.05, 3.63) is 48.1 Å². The van der Waals surface area contributed by atoms with Crippen LogP contribution in [0.4, 0.5) is 0 Å². The molecule has 0 spiro atoms. The average molecular weight is 261 g/mol. The lowest BCUT2D eigenvalue weighted by atomic mass is 10.1. The zero-order valence-electron chi connectivity index (χ0n) is 12.8. The van der Waals surface area contributed by atoms with E-state index in [0.29, 0.717) is 13.1 Å². The highest BCUT2D eigenvalue weighted by Gasteiger charge is 2.06. The number of hydrogen-bond acceptors (Lipinski definition) is 1. The van der Waals surface area contributed by atoms with Gasteiger partial charge in [0.1, 0.15) is 0 Å². The summed E-state index contributed by atoms with van der Waals surface area (Å²) >= 11 is 0. The number of carbonyl (C=O) groups excluding carboxylic acids is 1. The van der Waals surface area contributed by atoms with Gasteiger partial charge in [-0.3, -0.25) is 4.79 Å². The van der Waals surface area contributed by atoms with Crippen molar-refractivity contribution in [2.75, 3.05) is 13.1 Å². The molecule has 0 unspecified atom stereocenters. The minimum atomic E-state index is 0.0377. The van der Waals surface area contributed by atoms with E-state index in [0.717, 1.165) is 12.8 Å². The minimum absolute atomic E-state index is 0.0377. The van der Waals surface area contributed by atoms with E-state index in [-0.39, 0.29) is 5.91 Å². The molecule has 0 saturated heterocycles. The van der Waals surface area contributed by atoms with Crippen molar-refractivity contribution in [2.24, 2.45) is 0 Å². The summed E-state index contributed by atoms with van der Waals surface area (Å²) in [6.45, 7) is 13.1. The smallest absolute Gasteiger partial charge is 0.246 e. The van der Waals surface area contributed by atoms with Gasteiger partial charge in [0, 0.05) is 13.1 Å². The normalized spacial score (nSPS) is 11.5. The molecule has 0 aromatic rings. The van der Waals surface area contributed by atoms with Crippen molar-refractivity contribution in [3.8, 4) is 0 Å². The molecule has 0 aromatic heterocycles. The predicted octanol–water partition coefficient (Wildman–Crippen LogP) is 4.27. The second-order valence-corrected chi connectivity index (χ2v) is 4.90. The van der Waals surface area contributed by atoms with E-state index in [1.165, 1.54) is 11.1 Å². The quantitative estimate of drug-likeness (QED) is 0.472. The molecular formula is C17H27NO. The van der Waals surface area contributed by atoms with E-state index in [9.17, 15) is 4.79 Å². The maximum absolute atomic E-state index is 11.8. The highest BCUT2D eigenvalue weighted by Crippen LogP contribution is 2.07. The van der Waals surface area contributed by atoms with Crippen LogP contribution >= 0.6 is 0 Å². The molecule has 0 N–H and O–H groups in total. The average Bonchev–Trinajstić information content (AvgIpc) is 2.34. The van der Waals surface area contributed by atoms with Crippen molar-refractivity contribution in [1.82, 2.24) is 4.90 Å². The lowest BCUT2D eigenvalue weighted by Crippen LogP contribution is -2.29. The molecule has 0 heterocycles. The third-order valence-corrected chi connectivity index (χ3v) is 2.72. The molecule has 2 heteroatoms. The first-order valence-electron chi connectivity index (χ1n) is 6.82. The Bertz CT molecular complexity index is 371. The topological polar surface area (TPSA) is 20.3 Å². The van der Waals surface area contributed by atoms with Crippen molar-refractivity contribution in [3.63, 3.8) is 0 Å². The molecular weight excluding hydrogens is 234 g/mol. The summed E-state index contributed by atoms with van der Waals surface area (Å²) in [6, 6.07) is 0. The third-order valence-electron chi connectivity index (χ3n) is 2.72. The molecule has 0 aliphatic carbocycles. The first kappa shape index (κ1) is 17.4. The van der Waals surface area contributed by atoms with Crippen LogP contribution in [0.1, 0.15) is 40.5 Å². The van der Waals surface area contributed by atoms with Gasteiger partial charge in [-0.15, -0.1) is 6.58 Å². The van der Waals surface area contributed by atoms with Crippen molar-refractivity contribution >= 4 is 5.91 Å². The van der Waals surface area contributed by atoms with Crippen LogP contribution in [0.3, 0.4) is 0 Å². The molecule has 2 nitrogen and oxygen atoms in total. The summed E-state index contributed by atoms with van der Waals surface area (Å²) in [5.41, 5.74) is 2.67. The minimum Gasteiger partial charge on any atom is -0.332 e. The Hall–Kier alpha value is -1.57. The molecule has 0 fully saturated rings. The number of nitrogens with zero attached hydrogens (tertiary/aromatic N) is 1. The second-order valence-electron chi connectivity index (χ2n) is 4.90. The number of amides is 1. The Kier molecular flexibility index (Phi) is 9.51. The largest absolute Gasteiger partial charge is 0.332 e. The van der Waals surface area contributed by atoms with E-state index in [2.05, 4.69) is 39.5 Å². The summed E-state index contributed by atoms with van der Waals surface area (Å²) in [6.07, 6.45) is 11.6. The summed E-state index contributed by atoms with van der Waals surface area (Å²) < 4.78 is 0. The molecule has 106 valence electrons. The Morgan fingerprint density at radius 2 is 1.84 bits per heavy atom. The van der Waals surface area contributed by atoms with Gasteiger partial charge in [0.05, 0.1) is 0 Å². The van der Waals surface area contributed by atoms with Crippen LogP contribution in [-0.4, -0.2) is 23.9 Å². The van der Waals surface area contributed by atoms with Gasteiger partial charge in [-0.2, -0.15) is 0 Å². The van der Waals surface area contributed by atoms with Gasteiger partial charge in [0.2, 0.25) is 5.91 Å². The molecule has 0 bridgehead atoms. The molecule has 0 aliphatic rings. The Morgan fingerprint density at radius 3 is 2.37 bits per heavy atom. The Labute approximate surface area is 118 Å². The fourth-order valence-electron chi connectivity index (χ4n) is 1.61. The predicted molar refractivity (Wildman–Crippen MR) is 84.0 cm³/mol.